The summed E-state index contributed by atoms with van der Waals surface area (Å²) in [7, 11) is 0. The molecule has 0 saturated carbocycles. The maximum Gasteiger partial charge on any atom is 0.310 e. The van der Waals surface area contributed by atoms with Crippen molar-refractivity contribution in [2.24, 2.45) is 5.41 Å². The summed E-state index contributed by atoms with van der Waals surface area (Å²) in [4.78, 5) is 13.1. The Morgan fingerprint density at radius 1 is 1.56 bits per heavy atom. The molecule has 1 fully saturated rings. The Hall–Kier alpha value is -1.42. The molecule has 1 saturated heterocycles. The van der Waals surface area contributed by atoms with Crippen molar-refractivity contribution in [3.63, 3.8) is 0 Å². The molecule has 0 radical (unpaired) electrons. The second-order valence-electron chi connectivity index (χ2n) is 5.37. The van der Waals surface area contributed by atoms with Crippen LogP contribution in [0.15, 0.2) is 18.2 Å². The van der Waals surface area contributed by atoms with E-state index in [0.717, 1.165) is 0 Å². The van der Waals surface area contributed by atoms with Crippen molar-refractivity contribution in [3.8, 4) is 0 Å². The van der Waals surface area contributed by atoms with Gasteiger partial charge in [-0.1, -0.05) is 18.2 Å². The Morgan fingerprint density at radius 3 is 2.89 bits per heavy atom. The molecule has 98 valence electrons. The van der Waals surface area contributed by atoms with E-state index >= 15 is 0 Å². The number of halogens is 1. The minimum absolute atomic E-state index is 0.179. The molecule has 0 bridgehead atoms. The van der Waals surface area contributed by atoms with Gasteiger partial charge in [-0.2, -0.15) is 0 Å². The fourth-order valence-corrected chi connectivity index (χ4v) is 2.44. The summed E-state index contributed by atoms with van der Waals surface area (Å²) in [6.45, 7) is 5.16. The SMILES string of the molecule is Cc1cccc(CN2CCC(C)(C(=O)O)C2)c1F. The third kappa shape index (κ3) is 2.38. The van der Waals surface area contributed by atoms with Gasteiger partial charge < -0.3 is 5.11 Å². The van der Waals surface area contributed by atoms with Crippen molar-refractivity contribution in [1.82, 2.24) is 4.90 Å². The van der Waals surface area contributed by atoms with Crippen LogP contribution in [-0.4, -0.2) is 29.1 Å². The van der Waals surface area contributed by atoms with Gasteiger partial charge in [0.25, 0.3) is 0 Å². The number of aryl methyl sites for hydroxylation is 1. The van der Waals surface area contributed by atoms with E-state index in [9.17, 15) is 9.18 Å². The van der Waals surface area contributed by atoms with Gasteiger partial charge in [-0.05, 0) is 32.4 Å². The zero-order chi connectivity index (χ0) is 13.3. The zero-order valence-electron chi connectivity index (χ0n) is 10.7. The molecule has 1 aliphatic rings. The first-order valence-corrected chi connectivity index (χ1v) is 6.12. The highest BCUT2D eigenvalue weighted by Crippen LogP contribution is 2.31. The van der Waals surface area contributed by atoms with E-state index < -0.39 is 11.4 Å². The van der Waals surface area contributed by atoms with Crippen molar-refractivity contribution < 1.29 is 14.3 Å². The molecule has 1 heterocycles. The molecule has 1 atom stereocenters. The van der Waals surface area contributed by atoms with Gasteiger partial charge in [0, 0.05) is 18.7 Å². The van der Waals surface area contributed by atoms with Gasteiger partial charge in [0.15, 0.2) is 0 Å². The number of likely N-dealkylation sites (tertiary alicyclic amines) is 1. The average Bonchev–Trinajstić information content (AvgIpc) is 2.68. The van der Waals surface area contributed by atoms with E-state index in [1.165, 1.54) is 0 Å². The van der Waals surface area contributed by atoms with Gasteiger partial charge in [-0.25, -0.2) is 4.39 Å². The standard InChI is InChI=1S/C14H18FNO2/c1-10-4-3-5-11(12(10)15)8-16-7-6-14(2,9-16)13(17)18/h3-5H,6-9H2,1-2H3,(H,17,18). The normalized spacial score (nSPS) is 24.4. The lowest BCUT2D eigenvalue weighted by atomic mass is 9.90. The summed E-state index contributed by atoms with van der Waals surface area (Å²) in [6, 6.07) is 5.34. The molecule has 1 aromatic rings. The average molecular weight is 251 g/mol. The molecule has 1 aromatic carbocycles. The van der Waals surface area contributed by atoms with Crippen LogP contribution in [0.2, 0.25) is 0 Å². The van der Waals surface area contributed by atoms with Crippen molar-refractivity contribution >= 4 is 5.97 Å². The minimum atomic E-state index is -0.769. The highest BCUT2D eigenvalue weighted by molar-refractivity contribution is 5.74. The number of nitrogens with zero attached hydrogens (tertiary/aromatic N) is 1. The molecule has 0 spiro atoms. The van der Waals surface area contributed by atoms with E-state index in [1.54, 1.807) is 26.0 Å². The van der Waals surface area contributed by atoms with Gasteiger partial charge in [0.2, 0.25) is 0 Å². The number of carboxylic acid groups (broad SMARTS) is 1. The van der Waals surface area contributed by atoms with Crippen LogP contribution in [-0.2, 0) is 11.3 Å². The Bertz CT molecular complexity index is 475. The van der Waals surface area contributed by atoms with Crippen LogP contribution in [0.25, 0.3) is 0 Å². The largest absolute Gasteiger partial charge is 0.481 e. The molecule has 0 amide bonds. The maximum absolute atomic E-state index is 13.9. The van der Waals surface area contributed by atoms with Crippen LogP contribution in [0.5, 0.6) is 0 Å². The molecular weight excluding hydrogens is 233 g/mol. The lowest BCUT2D eigenvalue weighted by Crippen LogP contribution is -2.31. The Morgan fingerprint density at radius 2 is 2.28 bits per heavy atom. The van der Waals surface area contributed by atoms with Crippen LogP contribution < -0.4 is 0 Å². The van der Waals surface area contributed by atoms with Crippen LogP contribution >= 0.6 is 0 Å². The second kappa shape index (κ2) is 4.69. The van der Waals surface area contributed by atoms with Gasteiger partial charge in [0.1, 0.15) is 5.82 Å². The number of hydrogen-bond donors (Lipinski definition) is 1. The first-order valence-electron chi connectivity index (χ1n) is 6.12. The Balaban J connectivity index is 2.08. The van der Waals surface area contributed by atoms with Crippen LogP contribution in [0.4, 0.5) is 4.39 Å². The topological polar surface area (TPSA) is 40.5 Å². The second-order valence-corrected chi connectivity index (χ2v) is 5.37. The van der Waals surface area contributed by atoms with Crippen molar-refractivity contribution in [1.29, 1.82) is 0 Å². The number of carbonyl (C=O) groups is 1. The third-order valence-electron chi connectivity index (χ3n) is 3.73. The highest BCUT2D eigenvalue weighted by Gasteiger charge is 2.40. The first kappa shape index (κ1) is 13.0. The number of hydrogen-bond acceptors (Lipinski definition) is 2. The molecule has 4 heteroatoms. The molecule has 2 rings (SSSR count). The first-order chi connectivity index (χ1) is 8.42. The summed E-state index contributed by atoms with van der Waals surface area (Å²) in [5.74, 6) is -0.948. The van der Waals surface area contributed by atoms with Gasteiger partial charge in [0.05, 0.1) is 5.41 Å². The smallest absolute Gasteiger partial charge is 0.310 e. The number of carboxylic acids is 1. The number of rotatable bonds is 3. The predicted molar refractivity (Wildman–Crippen MR) is 66.8 cm³/mol. The van der Waals surface area contributed by atoms with E-state index in [-0.39, 0.29) is 5.82 Å². The zero-order valence-corrected chi connectivity index (χ0v) is 10.7. The number of aliphatic carboxylic acids is 1. The Labute approximate surface area is 106 Å². The van der Waals surface area contributed by atoms with Crippen molar-refractivity contribution in [2.75, 3.05) is 13.1 Å². The monoisotopic (exact) mass is 251 g/mol. The van der Waals surface area contributed by atoms with Gasteiger partial charge in [-0.3, -0.25) is 9.69 Å². The molecule has 0 aliphatic carbocycles. The van der Waals surface area contributed by atoms with Crippen LogP contribution in [0, 0.1) is 18.2 Å². The lowest BCUT2D eigenvalue weighted by Gasteiger charge is -2.20. The maximum atomic E-state index is 13.9. The van der Waals surface area contributed by atoms with E-state index in [4.69, 9.17) is 5.11 Å². The van der Waals surface area contributed by atoms with Crippen molar-refractivity contribution in [3.05, 3.63) is 35.1 Å². The molecule has 1 N–H and O–H groups in total. The fourth-order valence-electron chi connectivity index (χ4n) is 2.44. The quantitative estimate of drug-likeness (QED) is 0.897. The molecular formula is C14H18FNO2. The van der Waals surface area contributed by atoms with Gasteiger partial charge >= 0.3 is 5.97 Å². The molecule has 18 heavy (non-hydrogen) atoms. The number of benzene rings is 1. The van der Waals surface area contributed by atoms with E-state index in [1.807, 2.05) is 11.0 Å². The predicted octanol–water partition coefficient (Wildman–Crippen LogP) is 2.43. The van der Waals surface area contributed by atoms with E-state index in [2.05, 4.69) is 0 Å². The Kier molecular flexibility index (Phi) is 3.39. The van der Waals surface area contributed by atoms with E-state index in [0.29, 0.717) is 37.2 Å². The summed E-state index contributed by atoms with van der Waals surface area (Å²) >= 11 is 0. The van der Waals surface area contributed by atoms with Crippen LogP contribution in [0.1, 0.15) is 24.5 Å². The molecule has 1 unspecified atom stereocenters. The molecule has 1 aliphatic heterocycles. The fraction of sp³-hybridized carbons (Fsp3) is 0.500. The lowest BCUT2D eigenvalue weighted by molar-refractivity contribution is -0.147. The summed E-state index contributed by atoms with van der Waals surface area (Å²) < 4.78 is 13.9. The molecule has 0 aromatic heterocycles. The van der Waals surface area contributed by atoms with Crippen molar-refractivity contribution in [2.45, 2.75) is 26.8 Å². The molecule has 3 nitrogen and oxygen atoms in total. The third-order valence-corrected chi connectivity index (χ3v) is 3.73. The summed E-state index contributed by atoms with van der Waals surface area (Å²) in [5, 5.41) is 9.15. The highest BCUT2D eigenvalue weighted by atomic mass is 19.1. The summed E-state index contributed by atoms with van der Waals surface area (Å²) in [5.41, 5.74) is 0.581. The van der Waals surface area contributed by atoms with Gasteiger partial charge in [-0.15, -0.1) is 0 Å². The summed E-state index contributed by atoms with van der Waals surface area (Å²) in [6.07, 6.45) is 0.621. The minimum Gasteiger partial charge on any atom is -0.481 e. The van der Waals surface area contributed by atoms with Crippen LogP contribution in [0.3, 0.4) is 0 Å².